The van der Waals surface area contributed by atoms with Crippen LogP contribution in [0.15, 0.2) is 59.1 Å². The molecule has 6 nitrogen and oxygen atoms in total. The number of imidazole rings is 1. The fourth-order valence-corrected chi connectivity index (χ4v) is 2.90. The third-order valence-corrected chi connectivity index (χ3v) is 4.35. The Balaban J connectivity index is 1.69. The van der Waals surface area contributed by atoms with Gasteiger partial charge in [-0.1, -0.05) is 28.1 Å². The van der Waals surface area contributed by atoms with E-state index in [-0.39, 0.29) is 5.91 Å². The number of aryl methyl sites for hydroxylation is 1. The maximum Gasteiger partial charge on any atom is 0.374 e. The lowest BCUT2D eigenvalue weighted by molar-refractivity contribution is -0.648. The van der Waals surface area contributed by atoms with E-state index in [4.69, 9.17) is 0 Å². The van der Waals surface area contributed by atoms with E-state index in [9.17, 15) is 4.79 Å². The molecular formula is C18H15BrN5O+. The van der Waals surface area contributed by atoms with Gasteiger partial charge in [0.1, 0.15) is 5.52 Å². The fourth-order valence-electron chi connectivity index (χ4n) is 2.63. The van der Waals surface area contributed by atoms with Crippen LogP contribution in [0.5, 0.6) is 0 Å². The number of aromatic nitrogens is 4. The predicted octanol–water partition coefficient (Wildman–Crippen LogP) is 3.49. The molecule has 0 saturated carbocycles. The summed E-state index contributed by atoms with van der Waals surface area (Å²) >= 11 is 3.37. The number of H-pyrrole nitrogens is 2. The molecule has 7 heteroatoms. The molecule has 2 aromatic carbocycles. The van der Waals surface area contributed by atoms with E-state index < -0.39 is 0 Å². The summed E-state index contributed by atoms with van der Waals surface area (Å²) in [6.45, 7) is 1.93. The molecule has 0 aliphatic rings. The van der Waals surface area contributed by atoms with Gasteiger partial charge < -0.3 is 0 Å². The molecule has 4 aromatic rings. The van der Waals surface area contributed by atoms with Crippen LogP contribution in [-0.4, -0.2) is 21.0 Å². The topological polar surface area (TPSA) is 77.5 Å². The molecule has 0 fully saturated rings. The lowest BCUT2D eigenvalue weighted by Crippen LogP contribution is -2.38. The van der Waals surface area contributed by atoms with E-state index in [1.807, 2.05) is 49.4 Å². The van der Waals surface area contributed by atoms with Gasteiger partial charge in [0, 0.05) is 16.2 Å². The van der Waals surface area contributed by atoms with E-state index in [1.54, 1.807) is 16.8 Å². The van der Waals surface area contributed by atoms with Crippen LogP contribution >= 0.6 is 15.9 Å². The zero-order valence-corrected chi connectivity index (χ0v) is 15.0. The van der Waals surface area contributed by atoms with Gasteiger partial charge in [-0.15, -0.1) is 9.67 Å². The van der Waals surface area contributed by atoms with Crippen molar-refractivity contribution in [3.05, 3.63) is 70.3 Å². The number of nitrogens with zero attached hydrogens (tertiary/aromatic N) is 2. The number of fused-ring (bicyclic) bond motifs is 1. The highest BCUT2D eigenvalue weighted by molar-refractivity contribution is 9.10. The molecule has 25 heavy (non-hydrogen) atoms. The third-order valence-electron chi connectivity index (χ3n) is 3.82. The van der Waals surface area contributed by atoms with Crippen LogP contribution in [0.25, 0.3) is 17.0 Å². The number of carbonyl (C=O) groups is 1. The number of halogens is 1. The second-order valence-corrected chi connectivity index (χ2v) is 6.61. The van der Waals surface area contributed by atoms with Crippen molar-refractivity contribution in [2.24, 2.45) is 0 Å². The fraction of sp³-hybridized carbons (Fsp3) is 0.0556. The molecule has 0 bridgehead atoms. The Kier molecular flexibility index (Phi) is 3.85. The number of hydrogen-bond acceptors (Lipinski definition) is 2. The number of amides is 1. The minimum Gasteiger partial charge on any atom is -0.258 e. The minimum absolute atomic E-state index is 0.184. The minimum atomic E-state index is -0.184. The maximum atomic E-state index is 12.5. The van der Waals surface area contributed by atoms with Crippen LogP contribution in [0, 0.1) is 6.92 Å². The van der Waals surface area contributed by atoms with Gasteiger partial charge in [0.25, 0.3) is 5.91 Å². The molecule has 1 amide bonds. The van der Waals surface area contributed by atoms with Gasteiger partial charge in [0.2, 0.25) is 5.82 Å². The summed E-state index contributed by atoms with van der Waals surface area (Å²) < 4.78 is 2.66. The van der Waals surface area contributed by atoms with Gasteiger partial charge in [-0.05, 0) is 43.3 Å². The summed E-state index contributed by atoms with van der Waals surface area (Å²) in [5, 5.41) is 6.12. The number of anilines is 1. The van der Waals surface area contributed by atoms with Gasteiger partial charge in [0.05, 0.1) is 5.56 Å². The number of rotatable bonds is 3. The van der Waals surface area contributed by atoms with Crippen LogP contribution in [0.4, 0.5) is 5.82 Å². The zero-order chi connectivity index (χ0) is 17.4. The van der Waals surface area contributed by atoms with Crippen molar-refractivity contribution in [1.82, 2.24) is 15.1 Å². The lowest BCUT2D eigenvalue weighted by atomic mass is 10.2. The molecule has 2 aromatic heterocycles. The van der Waals surface area contributed by atoms with Crippen LogP contribution in [0.1, 0.15) is 16.1 Å². The number of benzene rings is 2. The largest absolute Gasteiger partial charge is 0.374 e. The number of nitrogens with one attached hydrogen (secondary N) is 3. The lowest BCUT2D eigenvalue weighted by Gasteiger charge is -2.02. The first-order valence-corrected chi connectivity index (χ1v) is 8.53. The molecule has 124 valence electrons. The van der Waals surface area contributed by atoms with Crippen LogP contribution < -0.4 is 10.00 Å². The van der Waals surface area contributed by atoms with E-state index in [0.717, 1.165) is 21.2 Å². The normalized spacial score (nSPS) is 11.0. The Hall–Kier alpha value is -2.93. The first kappa shape index (κ1) is 15.6. The average Bonchev–Trinajstić information content (AvgIpc) is 3.18. The molecule has 0 radical (unpaired) electrons. The first-order valence-electron chi connectivity index (χ1n) is 7.74. The van der Waals surface area contributed by atoms with Crippen molar-refractivity contribution in [2.75, 3.05) is 5.32 Å². The highest BCUT2D eigenvalue weighted by Gasteiger charge is 2.20. The van der Waals surface area contributed by atoms with Crippen molar-refractivity contribution in [2.45, 2.75) is 6.92 Å². The Bertz CT molecular complexity index is 1030. The Morgan fingerprint density at radius 1 is 1.16 bits per heavy atom. The summed E-state index contributed by atoms with van der Waals surface area (Å²) in [6.07, 6.45) is 0. The summed E-state index contributed by atoms with van der Waals surface area (Å²) in [5.41, 5.74) is 3.29. The molecule has 0 aliphatic heterocycles. The van der Waals surface area contributed by atoms with E-state index in [1.165, 1.54) is 0 Å². The first-order chi connectivity index (χ1) is 12.1. The number of aromatic amines is 2. The summed E-state index contributed by atoms with van der Waals surface area (Å²) in [6, 6.07) is 16.9. The molecule has 0 atom stereocenters. The predicted molar refractivity (Wildman–Crippen MR) is 98.8 cm³/mol. The number of carbonyl (C=O) groups excluding carboxylic acids is 1. The number of para-hydroxylation sites is 2. The Labute approximate surface area is 152 Å². The summed E-state index contributed by atoms with van der Waals surface area (Å²) in [7, 11) is 0. The summed E-state index contributed by atoms with van der Waals surface area (Å²) in [4.78, 5) is 20.3. The molecule has 0 unspecified atom stereocenters. The Morgan fingerprint density at radius 3 is 2.68 bits per heavy atom. The zero-order valence-electron chi connectivity index (χ0n) is 13.4. The molecule has 2 heterocycles. The van der Waals surface area contributed by atoms with Crippen LogP contribution in [0.2, 0.25) is 0 Å². The van der Waals surface area contributed by atoms with E-state index in [2.05, 4.69) is 36.3 Å². The molecular weight excluding hydrogens is 382 g/mol. The average molecular weight is 397 g/mol. The van der Waals surface area contributed by atoms with Gasteiger partial charge >= 0.3 is 5.95 Å². The standard InChI is InChI=1S/C18H14BrN5O/c1-11-10-16(22-17(25)12-6-8-13(19)9-7-12)24(23-11)18-20-14-4-2-3-5-15(14)21-18/h2-10H,1H3,(H2,20,21,22,23,25)/p+1. The van der Waals surface area contributed by atoms with Gasteiger partial charge in [-0.25, -0.2) is 0 Å². The van der Waals surface area contributed by atoms with Crippen molar-refractivity contribution in [3.63, 3.8) is 0 Å². The second-order valence-electron chi connectivity index (χ2n) is 5.70. The second kappa shape index (κ2) is 6.18. The van der Waals surface area contributed by atoms with E-state index >= 15 is 0 Å². The highest BCUT2D eigenvalue weighted by atomic mass is 79.9. The van der Waals surface area contributed by atoms with E-state index in [0.29, 0.717) is 17.3 Å². The highest BCUT2D eigenvalue weighted by Crippen LogP contribution is 2.14. The quantitative estimate of drug-likeness (QED) is 0.463. The maximum absolute atomic E-state index is 12.5. The van der Waals surface area contributed by atoms with Crippen molar-refractivity contribution < 1.29 is 9.48 Å². The van der Waals surface area contributed by atoms with Gasteiger partial charge in [-0.2, -0.15) is 0 Å². The van der Waals surface area contributed by atoms with Gasteiger partial charge in [0.15, 0.2) is 5.52 Å². The monoisotopic (exact) mass is 396 g/mol. The van der Waals surface area contributed by atoms with Crippen LogP contribution in [0.3, 0.4) is 0 Å². The molecule has 4 rings (SSSR count). The molecule has 0 spiro atoms. The SMILES string of the molecule is Cc1cc(NC(=O)c2ccc(Br)cc2)[n+](-c2nc3ccccc3[nH]2)[nH]1. The molecule has 3 N–H and O–H groups in total. The van der Waals surface area contributed by atoms with Crippen molar-refractivity contribution in [1.29, 1.82) is 0 Å². The smallest absolute Gasteiger partial charge is 0.258 e. The van der Waals surface area contributed by atoms with Crippen molar-refractivity contribution in [3.8, 4) is 5.95 Å². The summed E-state index contributed by atoms with van der Waals surface area (Å²) in [5.74, 6) is 1.04. The Morgan fingerprint density at radius 2 is 1.92 bits per heavy atom. The van der Waals surface area contributed by atoms with Gasteiger partial charge in [-0.3, -0.25) is 20.2 Å². The molecule has 0 aliphatic carbocycles. The number of hydrogen-bond donors (Lipinski definition) is 3. The third kappa shape index (κ3) is 3.06. The van der Waals surface area contributed by atoms with Crippen molar-refractivity contribution >= 4 is 38.7 Å². The molecule has 0 saturated heterocycles. The van der Waals surface area contributed by atoms with Crippen LogP contribution in [-0.2, 0) is 0 Å².